The Morgan fingerprint density at radius 3 is 2.79 bits per heavy atom. The number of benzene rings is 1. The third-order valence-electron chi connectivity index (χ3n) is 3.47. The normalized spacial score (nSPS) is 20.8. The molecule has 1 aromatic rings. The van der Waals surface area contributed by atoms with Crippen molar-refractivity contribution in [2.24, 2.45) is 0 Å². The molecule has 0 aromatic heterocycles. The highest BCUT2D eigenvalue weighted by molar-refractivity contribution is 7.80. The molecule has 0 bridgehead atoms. The summed E-state index contributed by atoms with van der Waals surface area (Å²) >= 11 is 4.27. The fourth-order valence-electron chi connectivity index (χ4n) is 2.28. The molecule has 0 aliphatic carbocycles. The van der Waals surface area contributed by atoms with Crippen molar-refractivity contribution in [3.8, 4) is 0 Å². The standard InChI is InChI=1S/C15H19NO2S/c1-3-4-13-9-10-16(15(17)18-13)11(2)12-5-7-14(19)8-6-12/h3,5-8,11,13,19H,1,4,9-10H2,2H3. The van der Waals surface area contributed by atoms with Gasteiger partial charge in [0.05, 0.1) is 6.04 Å². The van der Waals surface area contributed by atoms with E-state index >= 15 is 0 Å². The summed E-state index contributed by atoms with van der Waals surface area (Å²) in [7, 11) is 0. The first-order chi connectivity index (χ1) is 9.11. The molecule has 1 fully saturated rings. The maximum Gasteiger partial charge on any atom is 0.410 e. The predicted molar refractivity (Wildman–Crippen MR) is 78.5 cm³/mol. The summed E-state index contributed by atoms with van der Waals surface area (Å²) < 4.78 is 5.41. The van der Waals surface area contributed by atoms with Crippen LogP contribution in [0.5, 0.6) is 0 Å². The minimum Gasteiger partial charge on any atom is -0.446 e. The number of carbonyl (C=O) groups is 1. The van der Waals surface area contributed by atoms with Gasteiger partial charge in [-0.2, -0.15) is 0 Å². The van der Waals surface area contributed by atoms with Crippen molar-refractivity contribution < 1.29 is 9.53 Å². The number of nitrogens with zero attached hydrogens (tertiary/aromatic N) is 1. The molecule has 19 heavy (non-hydrogen) atoms. The van der Waals surface area contributed by atoms with E-state index in [1.165, 1.54) is 0 Å². The Bertz CT molecular complexity index is 458. The monoisotopic (exact) mass is 277 g/mol. The molecule has 3 nitrogen and oxygen atoms in total. The molecule has 1 saturated heterocycles. The number of thiol groups is 1. The molecule has 1 amide bonds. The number of hydrogen-bond acceptors (Lipinski definition) is 3. The lowest BCUT2D eigenvalue weighted by Gasteiger charge is -2.35. The first-order valence-corrected chi connectivity index (χ1v) is 6.93. The summed E-state index contributed by atoms with van der Waals surface area (Å²) in [4.78, 5) is 14.7. The number of cyclic esters (lactones) is 1. The van der Waals surface area contributed by atoms with Crippen LogP contribution in [0.15, 0.2) is 41.8 Å². The van der Waals surface area contributed by atoms with Crippen molar-refractivity contribution in [2.45, 2.75) is 36.8 Å². The summed E-state index contributed by atoms with van der Waals surface area (Å²) in [6, 6.07) is 7.88. The summed E-state index contributed by atoms with van der Waals surface area (Å²) in [6.07, 6.45) is 3.12. The van der Waals surface area contributed by atoms with Crippen molar-refractivity contribution in [1.82, 2.24) is 4.90 Å². The van der Waals surface area contributed by atoms with Crippen LogP contribution in [0.4, 0.5) is 4.79 Å². The minimum absolute atomic E-state index is 0.0196. The average Bonchev–Trinajstić information content (AvgIpc) is 2.39. The fraction of sp³-hybridized carbons (Fsp3) is 0.400. The minimum atomic E-state index is -0.236. The van der Waals surface area contributed by atoms with Crippen molar-refractivity contribution >= 4 is 18.7 Å². The van der Waals surface area contributed by atoms with E-state index < -0.39 is 0 Å². The first-order valence-electron chi connectivity index (χ1n) is 6.49. The zero-order valence-electron chi connectivity index (χ0n) is 11.1. The van der Waals surface area contributed by atoms with Gasteiger partial charge >= 0.3 is 6.09 Å². The lowest BCUT2D eigenvalue weighted by atomic mass is 10.1. The molecule has 1 aromatic carbocycles. The second-order valence-electron chi connectivity index (χ2n) is 4.78. The Labute approximate surface area is 119 Å². The maximum absolute atomic E-state index is 12.0. The van der Waals surface area contributed by atoms with Gasteiger partial charge in [0.15, 0.2) is 0 Å². The molecule has 2 rings (SSSR count). The molecule has 102 valence electrons. The molecule has 2 unspecified atom stereocenters. The van der Waals surface area contributed by atoms with E-state index in [1.807, 2.05) is 31.2 Å². The first kappa shape index (κ1) is 14.0. The van der Waals surface area contributed by atoms with Crippen molar-refractivity contribution in [1.29, 1.82) is 0 Å². The van der Waals surface area contributed by atoms with Crippen LogP contribution in [0.2, 0.25) is 0 Å². The van der Waals surface area contributed by atoms with Gasteiger partial charge < -0.3 is 9.64 Å². The van der Waals surface area contributed by atoms with Crippen LogP contribution in [0.1, 0.15) is 31.4 Å². The van der Waals surface area contributed by atoms with E-state index in [0.29, 0.717) is 0 Å². The highest BCUT2D eigenvalue weighted by Crippen LogP contribution is 2.26. The van der Waals surface area contributed by atoms with E-state index in [1.54, 1.807) is 11.0 Å². The molecular formula is C15H19NO2S. The second-order valence-corrected chi connectivity index (χ2v) is 5.30. The predicted octanol–water partition coefficient (Wildman–Crippen LogP) is 3.82. The Morgan fingerprint density at radius 2 is 2.21 bits per heavy atom. The second kappa shape index (κ2) is 6.15. The molecule has 1 aliphatic rings. The van der Waals surface area contributed by atoms with E-state index in [2.05, 4.69) is 19.2 Å². The number of carbonyl (C=O) groups excluding carboxylic acids is 1. The van der Waals surface area contributed by atoms with Gasteiger partial charge in [0.25, 0.3) is 0 Å². The lowest BCUT2D eigenvalue weighted by molar-refractivity contribution is 0.0146. The van der Waals surface area contributed by atoms with Gasteiger partial charge in [-0.3, -0.25) is 0 Å². The van der Waals surface area contributed by atoms with Crippen molar-refractivity contribution in [2.75, 3.05) is 6.54 Å². The summed E-state index contributed by atoms with van der Waals surface area (Å²) in [5.74, 6) is 0. The van der Waals surface area contributed by atoms with Crippen LogP contribution in [-0.2, 0) is 4.74 Å². The Hall–Kier alpha value is -1.42. The van der Waals surface area contributed by atoms with Gasteiger partial charge in [-0.1, -0.05) is 18.2 Å². The van der Waals surface area contributed by atoms with E-state index in [0.717, 1.165) is 29.8 Å². The Morgan fingerprint density at radius 1 is 1.53 bits per heavy atom. The molecule has 1 aliphatic heterocycles. The average molecular weight is 277 g/mol. The number of rotatable bonds is 4. The van der Waals surface area contributed by atoms with Crippen LogP contribution in [0, 0.1) is 0 Å². The van der Waals surface area contributed by atoms with Crippen LogP contribution in [0.25, 0.3) is 0 Å². The van der Waals surface area contributed by atoms with Gasteiger partial charge in [-0.25, -0.2) is 4.79 Å². The van der Waals surface area contributed by atoms with Gasteiger partial charge in [0.1, 0.15) is 6.10 Å². The Balaban J connectivity index is 2.04. The maximum atomic E-state index is 12.0. The molecule has 0 N–H and O–H groups in total. The van der Waals surface area contributed by atoms with Crippen LogP contribution in [-0.4, -0.2) is 23.6 Å². The van der Waals surface area contributed by atoms with E-state index in [4.69, 9.17) is 4.74 Å². The van der Waals surface area contributed by atoms with Gasteiger partial charge in [0.2, 0.25) is 0 Å². The highest BCUT2D eigenvalue weighted by Gasteiger charge is 2.30. The third kappa shape index (κ3) is 3.32. The molecule has 2 atom stereocenters. The number of amides is 1. The van der Waals surface area contributed by atoms with Gasteiger partial charge in [0, 0.05) is 24.3 Å². The lowest BCUT2D eigenvalue weighted by Crippen LogP contribution is -2.43. The van der Waals surface area contributed by atoms with Crippen LogP contribution in [0.3, 0.4) is 0 Å². The smallest absolute Gasteiger partial charge is 0.410 e. The number of hydrogen-bond donors (Lipinski definition) is 1. The molecular weight excluding hydrogens is 258 g/mol. The molecule has 0 saturated carbocycles. The molecule has 1 heterocycles. The third-order valence-corrected chi connectivity index (χ3v) is 3.76. The Kier molecular flexibility index (Phi) is 4.53. The van der Waals surface area contributed by atoms with Crippen molar-refractivity contribution in [3.05, 3.63) is 42.5 Å². The zero-order chi connectivity index (χ0) is 13.8. The molecule has 4 heteroatoms. The summed E-state index contributed by atoms with van der Waals surface area (Å²) in [5, 5.41) is 0. The quantitative estimate of drug-likeness (QED) is 0.669. The zero-order valence-corrected chi connectivity index (χ0v) is 12.0. The van der Waals surface area contributed by atoms with Crippen molar-refractivity contribution in [3.63, 3.8) is 0 Å². The topological polar surface area (TPSA) is 29.5 Å². The van der Waals surface area contributed by atoms with E-state index in [-0.39, 0.29) is 18.2 Å². The largest absolute Gasteiger partial charge is 0.446 e. The fourth-order valence-corrected chi connectivity index (χ4v) is 2.43. The van der Waals surface area contributed by atoms with Gasteiger partial charge in [-0.15, -0.1) is 19.2 Å². The van der Waals surface area contributed by atoms with Crippen LogP contribution < -0.4 is 0 Å². The highest BCUT2D eigenvalue weighted by atomic mass is 32.1. The van der Waals surface area contributed by atoms with Gasteiger partial charge in [-0.05, 0) is 24.6 Å². The summed E-state index contributed by atoms with van der Waals surface area (Å²) in [6.45, 7) is 6.42. The SMILES string of the molecule is C=CCC1CCN(C(C)c2ccc(S)cc2)C(=O)O1. The summed E-state index contributed by atoms with van der Waals surface area (Å²) in [5.41, 5.74) is 1.09. The molecule has 0 radical (unpaired) electrons. The molecule has 0 spiro atoms. The van der Waals surface area contributed by atoms with E-state index in [9.17, 15) is 4.79 Å². The van der Waals surface area contributed by atoms with Crippen LogP contribution >= 0.6 is 12.6 Å². The number of ether oxygens (including phenoxy) is 1.